The minimum atomic E-state index is -0.836. The number of methoxy groups -OCH3 is 1. The molecule has 0 spiro atoms. The number of halogens is 1. The number of carbonyl (C=O) groups is 2. The Labute approximate surface area is 189 Å². The molecule has 0 aliphatic carbocycles. The number of anilines is 1. The zero-order valence-electron chi connectivity index (χ0n) is 17.5. The second kappa shape index (κ2) is 11.1. The Morgan fingerprint density at radius 1 is 1.12 bits per heavy atom. The predicted octanol–water partition coefficient (Wildman–Crippen LogP) is 3.49. The zero-order chi connectivity index (χ0) is 23.6. The van der Waals surface area contributed by atoms with Crippen LogP contribution in [0.25, 0.3) is 0 Å². The van der Waals surface area contributed by atoms with Crippen molar-refractivity contribution in [2.45, 2.75) is 0 Å². The second-order valence-corrected chi connectivity index (χ2v) is 6.59. The van der Waals surface area contributed by atoms with Crippen LogP contribution in [0, 0.1) is 17.1 Å². The molecule has 0 aliphatic heterocycles. The molecule has 3 rings (SSSR count). The maximum atomic E-state index is 14.0. The number of nitrogens with one attached hydrogen (secondary N) is 2. The Hall–Kier alpha value is -4.71. The van der Waals surface area contributed by atoms with E-state index in [1.807, 2.05) is 6.07 Å². The largest absolute Gasteiger partial charge is 0.493 e. The molecule has 2 amide bonds. The van der Waals surface area contributed by atoms with Crippen LogP contribution in [-0.2, 0) is 4.79 Å². The third-order valence-electron chi connectivity index (χ3n) is 4.35. The topological polar surface area (TPSA) is 113 Å². The average molecular weight is 446 g/mol. The van der Waals surface area contributed by atoms with Crippen molar-refractivity contribution in [2.24, 2.45) is 5.10 Å². The van der Waals surface area contributed by atoms with Crippen LogP contribution in [-0.4, -0.2) is 31.7 Å². The molecular formula is C24H19FN4O4. The lowest BCUT2D eigenvalue weighted by Gasteiger charge is -2.13. The summed E-state index contributed by atoms with van der Waals surface area (Å²) in [7, 11) is 1.45. The fourth-order valence-corrected chi connectivity index (χ4v) is 2.80. The van der Waals surface area contributed by atoms with Gasteiger partial charge in [-0.1, -0.05) is 24.3 Å². The highest BCUT2D eigenvalue weighted by Crippen LogP contribution is 2.30. The number of nitrogens with zero attached hydrogens (tertiary/aromatic N) is 2. The molecule has 0 bridgehead atoms. The quantitative estimate of drug-likeness (QED) is 0.406. The summed E-state index contributed by atoms with van der Waals surface area (Å²) in [5, 5.41) is 15.3. The molecule has 0 atom stereocenters. The fraction of sp³-hybridized carbons (Fsp3) is 0.0833. The molecule has 0 aromatic heterocycles. The van der Waals surface area contributed by atoms with E-state index in [-0.39, 0.29) is 29.4 Å². The normalized spacial score (nSPS) is 10.3. The SMILES string of the molecule is COc1cccc(/C=N\NC(=O)c2ccc(C#N)cc2F)c1OCC(=O)Nc1ccccc1. The molecule has 33 heavy (non-hydrogen) atoms. The van der Waals surface area contributed by atoms with Gasteiger partial charge in [0.25, 0.3) is 11.8 Å². The van der Waals surface area contributed by atoms with Crippen molar-refractivity contribution in [3.8, 4) is 17.6 Å². The summed E-state index contributed by atoms with van der Waals surface area (Å²) >= 11 is 0. The van der Waals surface area contributed by atoms with E-state index in [0.29, 0.717) is 17.0 Å². The Morgan fingerprint density at radius 3 is 2.61 bits per heavy atom. The number of amides is 2. The first-order valence-corrected chi connectivity index (χ1v) is 9.69. The van der Waals surface area contributed by atoms with Crippen molar-refractivity contribution >= 4 is 23.7 Å². The molecule has 0 aliphatic rings. The lowest BCUT2D eigenvalue weighted by atomic mass is 10.1. The summed E-state index contributed by atoms with van der Waals surface area (Å²) in [6, 6.07) is 19.2. The fourth-order valence-electron chi connectivity index (χ4n) is 2.80. The van der Waals surface area contributed by atoms with Crippen LogP contribution >= 0.6 is 0 Å². The summed E-state index contributed by atoms with van der Waals surface area (Å²) < 4.78 is 24.9. The number of hydrogen-bond acceptors (Lipinski definition) is 6. The van der Waals surface area contributed by atoms with E-state index in [0.717, 1.165) is 6.07 Å². The van der Waals surface area contributed by atoms with Crippen LogP contribution in [0.2, 0.25) is 0 Å². The molecule has 0 saturated heterocycles. The van der Waals surface area contributed by atoms with Crippen LogP contribution in [0.3, 0.4) is 0 Å². The summed E-state index contributed by atoms with van der Waals surface area (Å²) in [5.74, 6) is -1.40. The maximum Gasteiger partial charge on any atom is 0.274 e. The van der Waals surface area contributed by atoms with Crippen LogP contribution in [0.5, 0.6) is 11.5 Å². The van der Waals surface area contributed by atoms with Gasteiger partial charge in [-0.05, 0) is 42.5 Å². The average Bonchev–Trinajstić information content (AvgIpc) is 2.83. The minimum absolute atomic E-state index is 0.0991. The van der Waals surface area contributed by atoms with E-state index < -0.39 is 11.7 Å². The van der Waals surface area contributed by atoms with E-state index in [2.05, 4.69) is 15.8 Å². The van der Waals surface area contributed by atoms with E-state index in [9.17, 15) is 14.0 Å². The van der Waals surface area contributed by atoms with Gasteiger partial charge in [-0.2, -0.15) is 10.4 Å². The first-order valence-electron chi connectivity index (χ1n) is 9.69. The highest BCUT2D eigenvalue weighted by atomic mass is 19.1. The summed E-state index contributed by atoms with van der Waals surface area (Å²) in [5.41, 5.74) is 3.11. The molecule has 8 nitrogen and oxygen atoms in total. The molecule has 0 saturated carbocycles. The Balaban J connectivity index is 1.69. The molecule has 0 heterocycles. The lowest BCUT2D eigenvalue weighted by molar-refractivity contribution is -0.118. The Morgan fingerprint density at radius 2 is 1.91 bits per heavy atom. The molecule has 0 unspecified atom stereocenters. The van der Waals surface area contributed by atoms with Gasteiger partial charge in [0, 0.05) is 11.3 Å². The van der Waals surface area contributed by atoms with Gasteiger partial charge in [-0.15, -0.1) is 0 Å². The van der Waals surface area contributed by atoms with Gasteiger partial charge in [-0.25, -0.2) is 9.82 Å². The zero-order valence-corrected chi connectivity index (χ0v) is 17.5. The van der Waals surface area contributed by atoms with Gasteiger partial charge in [-0.3, -0.25) is 9.59 Å². The monoisotopic (exact) mass is 446 g/mol. The van der Waals surface area contributed by atoms with Crippen LogP contribution in [0.1, 0.15) is 21.5 Å². The molecule has 0 fully saturated rings. The van der Waals surface area contributed by atoms with Gasteiger partial charge < -0.3 is 14.8 Å². The number of ether oxygens (including phenoxy) is 2. The van der Waals surface area contributed by atoms with Gasteiger partial charge in [0.1, 0.15) is 5.82 Å². The third kappa shape index (κ3) is 6.15. The van der Waals surface area contributed by atoms with Gasteiger partial charge in [0.05, 0.1) is 30.5 Å². The number of hydrogen-bond donors (Lipinski definition) is 2. The van der Waals surface area contributed by atoms with Crippen molar-refractivity contribution < 1.29 is 23.5 Å². The Bertz CT molecular complexity index is 1220. The second-order valence-electron chi connectivity index (χ2n) is 6.59. The highest BCUT2D eigenvalue weighted by molar-refractivity contribution is 5.96. The molecule has 3 aromatic carbocycles. The smallest absolute Gasteiger partial charge is 0.274 e. The number of hydrazone groups is 1. The molecular weight excluding hydrogens is 427 g/mol. The van der Waals surface area contributed by atoms with Crippen LogP contribution < -0.4 is 20.2 Å². The summed E-state index contributed by atoms with van der Waals surface area (Å²) in [6.07, 6.45) is 1.28. The number of carbonyl (C=O) groups excluding carboxylic acids is 2. The number of nitriles is 1. The van der Waals surface area contributed by atoms with Crippen LogP contribution in [0.4, 0.5) is 10.1 Å². The first-order chi connectivity index (χ1) is 16.0. The van der Waals surface area contributed by atoms with Crippen molar-refractivity contribution in [1.82, 2.24) is 5.43 Å². The van der Waals surface area contributed by atoms with Crippen molar-refractivity contribution in [2.75, 3.05) is 19.0 Å². The van der Waals surface area contributed by atoms with Crippen molar-refractivity contribution in [3.05, 3.63) is 89.2 Å². The summed E-state index contributed by atoms with van der Waals surface area (Å²) in [4.78, 5) is 24.4. The molecule has 2 N–H and O–H groups in total. The first kappa shape index (κ1) is 23.0. The highest BCUT2D eigenvalue weighted by Gasteiger charge is 2.14. The van der Waals surface area contributed by atoms with Crippen molar-refractivity contribution in [3.63, 3.8) is 0 Å². The van der Waals surface area contributed by atoms with E-state index in [4.69, 9.17) is 14.7 Å². The third-order valence-corrected chi connectivity index (χ3v) is 4.35. The molecule has 3 aromatic rings. The predicted molar refractivity (Wildman–Crippen MR) is 120 cm³/mol. The van der Waals surface area contributed by atoms with E-state index in [1.54, 1.807) is 48.5 Å². The minimum Gasteiger partial charge on any atom is -0.493 e. The van der Waals surface area contributed by atoms with Crippen molar-refractivity contribution in [1.29, 1.82) is 5.26 Å². The molecule has 9 heteroatoms. The number of benzene rings is 3. The van der Waals surface area contributed by atoms with Gasteiger partial charge >= 0.3 is 0 Å². The maximum absolute atomic E-state index is 14.0. The summed E-state index contributed by atoms with van der Waals surface area (Å²) in [6.45, 7) is -0.293. The van der Waals surface area contributed by atoms with E-state index >= 15 is 0 Å². The molecule has 166 valence electrons. The van der Waals surface area contributed by atoms with Gasteiger partial charge in [0.15, 0.2) is 18.1 Å². The number of rotatable bonds is 8. The van der Waals surface area contributed by atoms with E-state index in [1.165, 1.54) is 25.5 Å². The lowest BCUT2D eigenvalue weighted by Crippen LogP contribution is -2.21. The van der Waals surface area contributed by atoms with Gasteiger partial charge in [0.2, 0.25) is 0 Å². The Kier molecular flexibility index (Phi) is 7.70. The van der Waals surface area contributed by atoms with Crippen LogP contribution in [0.15, 0.2) is 71.8 Å². The molecule has 0 radical (unpaired) electrons. The standard InChI is InChI=1S/C24H19FN4O4/c1-32-21-9-5-6-17(23(21)33-15-22(30)28-18-7-3-2-4-8-18)14-27-29-24(31)19-11-10-16(13-26)12-20(19)25/h2-12,14H,15H2,1H3,(H,28,30)(H,29,31)/b27-14-. The number of para-hydroxylation sites is 2.